The summed E-state index contributed by atoms with van der Waals surface area (Å²) in [5.74, 6) is 2.10. The van der Waals surface area contributed by atoms with E-state index in [0.717, 1.165) is 38.0 Å². The summed E-state index contributed by atoms with van der Waals surface area (Å²) in [7, 11) is 0. The normalized spacial score (nSPS) is 17.6. The predicted octanol–water partition coefficient (Wildman–Crippen LogP) is 2.45. The number of aromatic nitrogens is 4. The SMILES string of the molecule is CC(C)C(=O)N1CCCC(Cc2cc(Nc3cnccn3)ncn2)C1. The number of anilines is 2. The van der Waals surface area contributed by atoms with Gasteiger partial charge < -0.3 is 10.2 Å². The van der Waals surface area contributed by atoms with E-state index < -0.39 is 0 Å². The Bertz CT molecular complexity index is 706. The number of likely N-dealkylation sites (tertiary alicyclic amines) is 1. The molecule has 1 amide bonds. The molecule has 7 nitrogen and oxygen atoms in total. The fourth-order valence-corrected chi connectivity index (χ4v) is 3.17. The summed E-state index contributed by atoms with van der Waals surface area (Å²) in [6.07, 6.45) is 9.50. The fraction of sp³-hybridized carbons (Fsp3) is 0.500. The minimum atomic E-state index is 0.0561. The Morgan fingerprint density at radius 2 is 2.16 bits per heavy atom. The third kappa shape index (κ3) is 4.71. The van der Waals surface area contributed by atoms with Crippen molar-refractivity contribution in [1.82, 2.24) is 24.8 Å². The first-order valence-electron chi connectivity index (χ1n) is 8.74. The van der Waals surface area contributed by atoms with Crippen LogP contribution >= 0.6 is 0 Å². The second-order valence-electron chi connectivity index (χ2n) is 6.76. The van der Waals surface area contributed by atoms with Gasteiger partial charge in [-0.15, -0.1) is 0 Å². The van der Waals surface area contributed by atoms with E-state index in [1.165, 1.54) is 0 Å². The summed E-state index contributed by atoms with van der Waals surface area (Å²) >= 11 is 0. The Balaban J connectivity index is 1.63. The molecule has 0 aliphatic carbocycles. The molecule has 1 aliphatic rings. The molecule has 2 aromatic heterocycles. The van der Waals surface area contributed by atoms with Crippen LogP contribution in [-0.2, 0) is 11.2 Å². The number of nitrogens with zero attached hydrogens (tertiary/aromatic N) is 5. The van der Waals surface area contributed by atoms with Gasteiger partial charge >= 0.3 is 0 Å². The third-order valence-corrected chi connectivity index (χ3v) is 4.37. The molecule has 1 saturated heterocycles. The van der Waals surface area contributed by atoms with Gasteiger partial charge in [-0.25, -0.2) is 15.0 Å². The lowest BCUT2D eigenvalue weighted by atomic mass is 9.92. The second-order valence-corrected chi connectivity index (χ2v) is 6.76. The molecule has 0 saturated carbocycles. The molecular weight excluding hydrogens is 316 g/mol. The number of carbonyl (C=O) groups excluding carboxylic acids is 1. The highest BCUT2D eigenvalue weighted by Gasteiger charge is 2.25. The van der Waals surface area contributed by atoms with E-state index in [1.54, 1.807) is 24.9 Å². The quantitative estimate of drug-likeness (QED) is 0.900. The Kier molecular flexibility index (Phi) is 5.53. The van der Waals surface area contributed by atoms with Crippen LogP contribution in [0.1, 0.15) is 32.4 Å². The van der Waals surface area contributed by atoms with Crippen molar-refractivity contribution in [2.45, 2.75) is 33.1 Å². The van der Waals surface area contributed by atoms with Gasteiger partial charge in [0.1, 0.15) is 18.0 Å². The van der Waals surface area contributed by atoms with Gasteiger partial charge in [0.2, 0.25) is 5.91 Å². The summed E-state index contributed by atoms with van der Waals surface area (Å²) in [4.78, 5) is 31.1. The monoisotopic (exact) mass is 340 g/mol. The van der Waals surface area contributed by atoms with Gasteiger partial charge in [0.15, 0.2) is 0 Å². The van der Waals surface area contributed by atoms with Gasteiger partial charge in [-0.2, -0.15) is 0 Å². The molecule has 0 bridgehead atoms. The van der Waals surface area contributed by atoms with E-state index in [4.69, 9.17) is 0 Å². The van der Waals surface area contributed by atoms with Crippen LogP contribution in [0.2, 0.25) is 0 Å². The molecule has 132 valence electrons. The fourth-order valence-electron chi connectivity index (χ4n) is 3.17. The van der Waals surface area contributed by atoms with E-state index in [-0.39, 0.29) is 11.8 Å². The minimum absolute atomic E-state index is 0.0561. The maximum absolute atomic E-state index is 12.2. The van der Waals surface area contributed by atoms with E-state index >= 15 is 0 Å². The second kappa shape index (κ2) is 8.00. The number of hydrogen-bond acceptors (Lipinski definition) is 6. The molecule has 0 aromatic carbocycles. The Morgan fingerprint density at radius 1 is 1.28 bits per heavy atom. The third-order valence-electron chi connectivity index (χ3n) is 4.37. The number of rotatable bonds is 5. The molecular formula is C18H24N6O. The van der Waals surface area contributed by atoms with Crippen molar-refractivity contribution in [1.29, 1.82) is 0 Å². The number of carbonyl (C=O) groups is 1. The largest absolute Gasteiger partial charge is 0.342 e. The van der Waals surface area contributed by atoms with Crippen LogP contribution in [0, 0.1) is 11.8 Å². The first-order chi connectivity index (χ1) is 12.1. The smallest absolute Gasteiger partial charge is 0.225 e. The van der Waals surface area contributed by atoms with E-state index in [0.29, 0.717) is 17.6 Å². The summed E-state index contributed by atoms with van der Waals surface area (Å²) in [6.45, 7) is 5.60. The number of piperidine rings is 1. The molecule has 0 spiro atoms. The molecule has 25 heavy (non-hydrogen) atoms. The molecule has 1 aliphatic heterocycles. The first kappa shape index (κ1) is 17.3. The average molecular weight is 340 g/mol. The molecule has 7 heteroatoms. The van der Waals surface area contributed by atoms with Gasteiger partial charge in [-0.1, -0.05) is 13.8 Å². The number of nitrogens with one attached hydrogen (secondary N) is 1. The topological polar surface area (TPSA) is 83.9 Å². The number of amides is 1. The first-order valence-corrected chi connectivity index (χ1v) is 8.74. The zero-order valence-corrected chi connectivity index (χ0v) is 14.7. The molecule has 1 N–H and O–H groups in total. The zero-order chi connectivity index (χ0) is 17.6. The minimum Gasteiger partial charge on any atom is -0.342 e. The lowest BCUT2D eigenvalue weighted by Gasteiger charge is -2.33. The van der Waals surface area contributed by atoms with Gasteiger partial charge in [-0.3, -0.25) is 9.78 Å². The summed E-state index contributed by atoms with van der Waals surface area (Å²) < 4.78 is 0. The van der Waals surface area contributed by atoms with Crippen LogP contribution in [0.15, 0.2) is 31.0 Å². The molecule has 3 heterocycles. The lowest BCUT2D eigenvalue weighted by Crippen LogP contribution is -2.42. The summed E-state index contributed by atoms with van der Waals surface area (Å²) in [6, 6.07) is 1.94. The number of hydrogen-bond donors (Lipinski definition) is 1. The standard InChI is InChI=1S/C18H24N6O/c1-13(2)18(25)24-7-3-4-14(11-24)8-15-9-16(22-12-21-15)23-17-10-19-5-6-20-17/h5-6,9-10,12-14H,3-4,7-8,11H2,1-2H3,(H,20,21,22,23). The molecule has 0 radical (unpaired) electrons. The average Bonchev–Trinajstić information content (AvgIpc) is 2.62. The van der Waals surface area contributed by atoms with Crippen LogP contribution in [-0.4, -0.2) is 43.8 Å². The Hall–Kier alpha value is -2.57. The highest BCUT2D eigenvalue weighted by molar-refractivity contribution is 5.78. The van der Waals surface area contributed by atoms with Crippen LogP contribution < -0.4 is 5.32 Å². The van der Waals surface area contributed by atoms with Crippen molar-refractivity contribution < 1.29 is 4.79 Å². The maximum atomic E-state index is 12.2. The predicted molar refractivity (Wildman–Crippen MR) is 95.2 cm³/mol. The highest BCUT2D eigenvalue weighted by Crippen LogP contribution is 2.22. The molecule has 1 fully saturated rings. The Labute approximate surface area is 147 Å². The summed E-state index contributed by atoms with van der Waals surface area (Å²) in [5, 5.41) is 3.13. The van der Waals surface area contributed by atoms with Crippen molar-refractivity contribution in [3.63, 3.8) is 0 Å². The zero-order valence-electron chi connectivity index (χ0n) is 14.7. The molecule has 2 aromatic rings. The van der Waals surface area contributed by atoms with Crippen LogP contribution in [0.3, 0.4) is 0 Å². The van der Waals surface area contributed by atoms with E-state index in [1.807, 2.05) is 24.8 Å². The van der Waals surface area contributed by atoms with Gasteiger partial charge in [0.05, 0.1) is 6.20 Å². The van der Waals surface area contributed by atoms with Gasteiger partial charge in [0.25, 0.3) is 0 Å². The molecule has 3 rings (SSSR count). The van der Waals surface area contributed by atoms with Gasteiger partial charge in [0, 0.05) is 43.2 Å². The van der Waals surface area contributed by atoms with E-state index in [9.17, 15) is 4.79 Å². The van der Waals surface area contributed by atoms with Crippen LogP contribution in [0.25, 0.3) is 0 Å². The molecule has 1 unspecified atom stereocenters. The van der Waals surface area contributed by atoms with Crippen LogP contribution in [0.4, 0.5) is 11.6 Å². The maximum Gasteiger partial charge on any atom is 0.225 e. The lowest BCUT2D eigenvalue weighted by molar-refractivity contribution is -0.136. The Morgan fingerprint density at radius 3 is 2.92 bits per heavy atom. The highest BCUT2D eigenvalue weighted by atomic mass is 16.2. The summed E-state index contributed by atoms with van der Waals surface area (Å²) in [5.41, 5.74) is 0.977. The van der Waals surface area contributed by atoms with Gasteiger partial charge in [-0.05, 0) is 25.2 Å². The van der Waals surface area contributed by atoms with Crippen molar-refractivity contribution in [3.8, 4) is 0 Å². The van der Waals surface area contributed by atoms with Crippen molar-refractivity contribution in [2.75, 3.05) is 18.4 Å². The van der Waals surface area contributed by atoms with Crippen molar-refractivity contribution in [3.05, 3.63) is 36.7 Å². The molecule has 1 atom stereocenters. The van der Waals surface area contributed by atoms with Crippen LogP contribution in [0.5, 0.6) is 0 Å². The van der Waals surface area contributed by atoms with E-state index in [2.05, 4.69) is 25.3 Å². The van der Waals surface area contributed by atoms with Crippen molar-refractivity contribution >= 4 is 17.5 Å². The van der Waals surface area contributed by atoms with Crippen molar-refractivity contribution in [2.24, 2.45) is 11.8 Å².